The van der Waals surface area contributed by atoms with Crippen molar-refractivity contribution in [3.8, 4) is 0 Å². The van der Waals surface area contributed by atoms with Gasteiger partial charge in [-0.2, -0.15) is 0 Å². The van der Waals surface area contributed by atoms with Crippen molar-refractivity contribution in [2.24, 2.45) is 0 Å². The van der Waals surface area contributed by atoms with Crippen molar-refractivity contribution in [3.05, 3.63) is 18.3 Å². The van der Waals surface area contributed by atoms with Crippen molar-refractivity contribution >= 4 is 25.7 Å². The van der Waals surface area contributed by atoms with Crippen molar-refractivity contribution in [2.75, 3.05) is 24.4 Å². The molecule has 0 aromatic carbocycles. The summed E-state index contributed by atoms with van der Waals surface area (Å²) in [5, 5.41) is 2.77. The summed E-state index contributed by atoms with van der Waals surface area (Å²) in [6.07, 6.45) is 2.27. The second kappa shape index (κ2) is 5.85. The summed E-state index contributed by atoms with van der Waals surface area (Å²) in [5.41, 5.74) is 0. The molecule has 0 saturated carbocycles. The van der Waals surface area contributed by atoms with Gasteiger partial charge in [-0.1, -0.05) is 0 Å². The van der Waals surface area contributed by atoms with Crippen LogP contribution in [0.3, 0.4) is 0 Å². The zero-order valence-electron chi connectivity index (χ0n) is 10.9. The van der Waals surface area contributed by atoms with Gasteiger partial charge in [0, 0.05) is 25.5 Å². The van der Waals surface area contributed by atoms with Crippen molar-refractivity contribution < 1.29 is 16.8 Å². The molecule has 1 heterocycles. The van der Waals surface area contributed by atoms with E-state index in [0.717, 1.165) is 6.26 Å². The van der Waals surface area contributed by atoms with Crippen LogP contribution in [0.2, 0.25) is 0 Å². The highest BCUT2D eigenvalue weighted by Crippen LogP contribution is 2.10. The normalized spacial score (nSPS) is 14.1. The number of hydrogen-bond donors (Lipinski definition) is 2. The fraction of sp³-hybridized carbons (Fsp3) is 0.500. The Kier molecular flexibility index (Phi) is 4.88. The molecule has 0 radical (unpaired) electrons. The van der Waals surface area contributed by atoms with Gasteiger partial charge in [-0.3, -0.25) is 0 Å². The van der Waals surface area contributed by atoms with Crippen LogP contribution in [0.25, 0.3) is 0 Å². The Morgan fingerprint density at radius 3 is 2.32 bits per heavy atom. The molecule has 1 atom stereocenters. The Morgan fingerprint density at radius 1 is 1.26 bits per heavy atom. The standard InChI is InChI=1S/C10H17N3O4S2/c1-8(7-18(3,14)15)13-19(16,17)9-4-5-10(11-2)12-6-9/h4-6,8,13H,7H2,1-3H3,(H,11,12). The topological polar surface area (TPSA) is 105 Å². The SMILES string of the molecule is CNc1ccc(S(=O)(=O)NC(C)CS(C)(=O)=O)cn1. The average Bonchev–Trinajstić information content (AvgIpc) is 2.25. The lowest BCUT2D eigenvalue weighted by atomic mass is 10.4. The summed E-state index contributed by atoms with van der Waals surface area (Å²) in [4.78, 5) is 3.89. The van der Waals surface area contributed by atoms with Crippen LogP contribution in [0.4, 0.5) is 5.82 Å². The predicted molar refractivity (Wildman–Crippen MR) is 73.3 cm³/mol. The van der Waals surface area contributed by atoms with E-state index in [-0.39, 0.29) is 10.6 Å². The van der Waals surface area contributed by atoms with E-state index in [1.807, 2.05) is 0 Å². The van der Waals surface area contributed by atoms with Crippen LogP contribution >= 0.6 is 0 Å². The third-order valence-electron chi connectivity index (χ3n) is 2.21. The fourth-order valence-corrected chi connectivity index (χ4v) is 3.79. The van der Waals surface area contributed by atoms with E-state index in [2.05, 4.69) is 15.0 Å². The Hall–Kier alpha value is -1.19. The molecule has 1 unspecified atom stereocenters. The third kappa shape index (κ3) is 5.13. The van der Waals surface area contributed by atoms with E-state index in [0.29, 0.717) is 5.82 Å². The van der Waals surface area contributed by atoms with E-state index in [9.17, 15) is 16.8 Å². The summed E-state index contributed by atoms with van der Waals surface area (Å²) in [7, 11) is -5.33. The molecule has 0 spiro atoms. The molecule has 1 rings (SSSR count). The average molecular weight is 307 g/mol. The quantitative estimate of drug-likeness (QED) is 0.756. The lowest BCUT2D eigenvalue weighted by molar-refractivity contribution is 0.564. The monoisotopic (exact) mass is 307 g/mol. The van der Waals surface area contributed by atoms with Gasteiger partial charge in [0.15, 0.2) is 0 Å². The van der Waals surface area contributed by atoms with Crippen molar-refractivity contribution in [1.82, 2.24) is 9.71 Å². The van der Waals surface area contributed by atoms with Gasteiger partial charge in [0.2, 0.25) is 10.0 Å². The smallest absolute Gasteiger partial charge is 0.242 e. The molecular weight excluding hydrogens is 290 g/mol. The van der Waals surface area contributed by atoms with E-state index >= 15 is 0 Å². The molecule has 0 aliphatic rings. The van der Waals surface area contributed by atoms with Crippen LogP contribution in [-0.2, 0) is 19.9 Å². The molecule has 108 valence electrons. The second-order valence-corrected chi connectivity index (χ2v) is 8.14. The molecule has 0 aliphatic carbocycles. The Labute approximate surface area is 113 Å². The summed E-state index contributed by atoms with van der Waals surface area (Å²) in [6, 6.07) is 2.22. The van der Waals surface area contributed by atoms with Gasteiger partial charge in [0.05, 0.1) is 5.75 Å². The fourth-order valence-electron chi connectivity index (χ4n) is 1.51. The largest absolute Gasteiger partial charge is 0.373 e. The van der Waals surface area contributed by atoms with Gasteiger partial charge >= 0.3 is 0 Å². The maximum absolute atomic E-state index is 12.0. The van der Waals surface area contributed by atoms with Gasteiger partial charge in [0.25, 0.3) is 0 Å². The number of rotatable bonds is 6. The summed E-state index contributed by atoms with van der Waals surface area (Å²) in [6.45, 7) is 1.49. The highest BCUT2D eigenvalue weighted by atomic mass is 32.2. The van der Waals surface area contributed by atoms with Crippen LogP contribution in [0, 0.1) is 0 Å². The van der Waals surface area contributed by atoms with E-state index in [4.69, 9.17) is 0 Å². The van der Waals surface area contributed by atoms with E-state index in [1.165, 1.54) is 25.3 Å². The van der Waals surface area contributed by atoms with Gasteiger partial charge in [-0.15, -0.1) is 0 Å². The molecule has 0 amide bonds. The predicted octanol–water partition coefficient (Wildman–Crippen LogP) is -0.165. The minimum absolute atomic E-state index is 0.00755. The van der Waals surface area contributed by atoms with Crippen LogP contribution in [0.15, 0.2) is 23.2 Å². The first-order valence-corrected chi connectivity index (χ1v) is 9.02. The highest BCUT2D eigenvalue weighted by Gasteiger charge is 2.20. The molecule has 1 aromatic heterocycles. The van der Waals surface area contributed by atoms with Crippen molar-refractivity contribution in [3.63, 3.8) is 0 Å². The minimum atomic E-state index is -3.76. The molecule has 0 saturated heterocycles. The van der Waals surface area contributed by atoms with Gasteiger partial charge in [-0.05, 0) is 19.1 Å². The molecule has 19 heavy (non-hydrogen) atoms. The van der Waals surface area contributed by atoms with E-state index in [1.54, 1.807) is 7.05 Å². The van der Waals surface area contributed by atoms with Crippen LogP contribution in [-0.4, -0.2) is 46.9 Å². The molecule has 2 N–H and O–H groups in total. The lowest BCUT2D eigenvalue weighted by Gasteiger charge is -2.13. The number of anilines is 1. The van der Waals surface area contributed by atoms with Crippen molar-refractivity contribution in [1.29, 1.82) is 0 Å². The first-order chi connectivity index (χ1) is 8.64. The molecule has 9 heteroatoms. The maximum Gasteiger partial charge on any atom is 0.242 e. The Bertz CT molecular complexity index is 623. The van der Waals surface area contributed by atoms with Crippen LogP contribution in [0.5, 0.6) is 0 Å². The first kappa shape index (κ1) is 15.9. The number of nitrogens with zero attached hydrogens (tertiary/aromatic N) is 1. The molecule has 0 fully saturated rings. The highest BCUT2D eigenvalue weighted by molar-refractivity contribution is 7.91. The van der Waals surface area contributed by atoms with Gasteiger partial charge in [-0.25, -0.2) is 26.5 Å². The van der Waals surface area contributed by atoms with Crippen LogP contribution < -0.4 is 10.0 Å². The lowest BCUT2D eigenvalue weighted by Crippen LogP contribution is -2.37. The number of sulfone groups is 1. The number of hydrogen-bond acceptors (Lipinski definition) is 6. The molecule has 0 aliphatic heterocycles. The summed E-state index contributed by atoms with van der Waals surface area (Å²) < 4.78 is 48.4. The molecule has 0 bridgehead atoms. The third-order valence-corrected chi connectivity index (χ3v) is 4.89. The zero-order chi connectivity index (χ0) is 14.7. The van der Waals surface area contributed by atoms with Crippen LogP contribution in [0.1, 0.15) is 6.92 Å². The first-order valence-electron chi connectivity index (χ1n) is 5.48. The summed E-state index contributed by atoms with van der Waals surface area (Å²) in [5.74, 6) is 0.289. The number of pyridine rings is 1. The molecular formula is C10H17N3O4S2. The Morgan fingerprint density at radius 2 is 1.89 bits per heavy atom. The molecule has 1 aromatic rings. The maximum atomic E-state index is 12.0. The zero-order valence-corrected chi connectivity index (χ0v) is 12.5. The number of sulfonamides is 1. The number of aromatic nitrogens is 1. The second-order valence-electron chi connectivity index (χ2n) is 4.24. The summed E-state index contributed by atoms with van der Waals surface area (Å²) >= 11 is 0. The van der Waals surface area contributed by atoms with Gasteiger partial charge in [0.1, 0.15) is 20.6 Å². The van der Waals surface area contributed by atoms with E-state index < -0.39 is 25.9 Å². The van der Waals surface area contributed by atoms with Crippen molar-refractivity contribution in [2.45, 2.75) is 17.9 Å². The minimum Gasteiger partial charge on any atom is -0.373 e. The van der Waals surface area contributed by atoms with Gasteiger partial charge < -0.3 is 5.32 Å². The number of nitrogens with one attached hydrogen (secondary N) is 2. The molecule has 7 nitrogen and oxygen atoms in total. The Balaban J connectivity index is 2.86.